The lowest BCUT2D eigenvalue weighted by atomic mass is 10.1. The van der Waals surface area contributed by atoms with Crippen molar-refractivity contribution >= 4 is 5.69 Å². The van der Waals surface area contributed by atoms with Gasteiger partial charge in [0.15, 0.2) is 0 Å². The topological polar surface area (TPSA) is 47.1 Å². The molecule has 0 fully saturated rings. The van der Waals surface area contributed by atoms with Crippen LogP contribution < -0.4 is 5.73 Å². The molecule has 0 bridgehead atoms. The molecule has 0 spiro atoms. The molecule has 4 nitrogen and oxygen atoms in total. The highest BCUT2D eigenvalue weighted by Gasteiger charge is 2.21. The molecular formula is C14H18N4. The molecule has 0 saturated heterocycles. The Balaban J connectivity index is 1.78. The minimum Gasteiger partial charge on any atom is -0.399 e. The number of nitrogens with zero attached hydrogens (tertiary/aromatic N) is 3. The first-order chi connectivity index (χ1) is 8.74. The Morgan fingerprint density at radius 2 is 2.00 bits per heavy atom. The molecule has 2 aromatic rings. The van der Waals surface area contributed by atoms with Crippen molar-refractivity contribution < 1.29 is 0 Å². The van der Waals surface area contributed by atoms with Crippen molar-refractivity contribution in [1.29, 1.82) is 0 Å². The van der Waals surface area contributed by atoms with Crippen molar-refractivity contribution in [3.63, 3.8) is 0 Å². The standard InChI is InChI=1S/C14H18N4/c1-11(12-2-4-13(15)5-3-12)18-9-8-17-7-6-16-14(17)10-18/h2-7,11H,8-10,15H2,1H3. The highest BCUT2D eigenvalue weighted by Crippen LogP contribution is 2.24. The zero-order chi connectivity index (χ0) is 12.5. The summed E-state index contributed by atoms with van der Waals surface area (Å²) in [5.74, 6) is 1.16. The van der Waals surface area contributed by atoms with Crippen LogP contribution in [0.5, 0.6) is 0 Å². The van der Waals surface area contributed by atoms with E-state index in [9.17, 15) is 0 Å². The average Bonchev–Trinajstić information content (AvgIpc) is 2.86. The van der Waals surface area contributed by atoms with Crippen LogP contribution in [0.4, 0.5) is 5.69 Å². The fraction of sp³-hybridized carbons (Fsp3) is 0.357. The molecule has 4 heteroatoms. The molecule has 1 aliphatic rings. The average molecular weight is 242 g/mol. The smallest absolute Gasteiger partial charge is 0.122 e. The van der Waals surface area contributed by atoms with Gasteiger partial charge in [-0.2, -0.15) is 0 Å². The van der Waals surface area contributed by atoms with E-state index < -0.39 is 0 Å². The van der Waals surface area contributed by atoms with E-state index in [1.807, 2.05) is 18.3 Å². The maximum atomic E-state index is 5.73. The number of rotatable bonds is 2. The number of aromatic nitrogens is 2. The zero-order valence-electron chi connectivity index (χ0n) is 10.6. The van der Waals surface area contributed by atoms with Gasteiger partial charge in [0, 0.05) is 37.2 Å². The van der Waals surface area contributed by atoms with E-state index in [2.05, 4.69) is 39.7 Å². The molecule has 1 atom stereocenters. The van der Waals surface area contributed by atoms with Gasteiger partial charge in [0.05, 0.1) is 6.54 Å². The first-order valence-electron chi connectivity index (χ1n) is 6.33. The number of nitrogens with two attached hydrogens (primary N) is 1. The van der Waals surface area contributed by atoms with Gasteiger partial charge in [-0.3, -0.25) is 4.90 Å². The Kier molecular flexibility index (Phi) is 2.80. The predicted molar refractivity (Wildman–Crippen MR) is 71.9 cm³/mol. The van der Waals surface area contributed by atoms with E-state index in [0.717, 1.165) is 31.1 Å². The SMILES string of the molecule is CC(c1ccc(N)cc1)N1CCn2ccnc2C1. The van der Waals surface area contributed by atoms with Gasteiger partial charge in [0.1, 0.15) is 5.82 Å². The van der Waals surface area contributed by atoms with Gasteiger partial charge < -0.3 is 10.3 Å². The quantitative estimate of drug-likeness (QED) is 0.820. The molecule has 94 valence electrons. The van der Waals surface area contributed by atoms with Crippen molar-refractivity contribution in [2.75, 3.05) is 12.3 Å². The summed E-state index contributed by atoms with van der Waals surface area (Å²) in [6.07, 6.45) is 3.94. The summed E-state index contributed by atoms with van der Waals surface area (Å²) in [6.45, 7) is 5.24. The van der Waals surface area contributed by atoms with Crippen molar-refractivity contribution in [3.05, 3.63) is 48.0 Å². The first kappa shape index (κ1) is 11.3. The molecule has 3 rings (SSSR count). The summed E-state index contributed by atoms with van der Waals surface area (Å²) in [5, 5.41) is 0. The van der Waals surface area contributed by atoms with E-state index in [1.165, 1.54) is 5.56 Å². The van der Waals surface area contributed by atoms with Gasteiger partial charge in [-0.05, 0) is 24.6 Å². The molecule has 1 aliphatic heterocycles. The molecule has 0 aliphatic carbocycles. The Morgan fingerprint density at radius 1 is 1.22 bits per heavy atom. The Morgan fingerprint density at radius 3 is 2.78 bits per heavy atom. The number of nitrogen functional groups attached to an aromatic ring is 1. The predicted octanol–water partition coefficient (Wildman–Crippen LogP) is 2.04. The fourth-order valence-corrected chi connectivity index (χ4v) is 2.51. The molecule has 1 unspecified atom stereocenters. The molecule has 0 radical (unpaired) electrons. The minimum absolute atomic E-state index is 0.399. The fourth-order valence-electron chi connectivity index (χ4n) is 2.51. The summed E-state index contributed by atoms with van der Waals surface area (Å²) >= 11 is 0. The van der Waals surface area contributed by atoms with Gasteiger partial charge in [-0.15, -0.1) is 0 Å². The van der Waals surface area contributed by atoms with E-state index in [-0.39, 0.29) is 0 Å². The maximum absolute atomic E-state index is 5.73. The van der Waals surface area contributed by atoms with E-state index in [0.29, 0.717) is 6.04 Å². The zero-order valence-corrected chi connectivity index (χ0v) is 10.6. The second-order valence-corrected chi connectivity index (χ2v) is 4.85. The van der Waals surface area contributed by atoms with Crippen molar-refractivity contribution in [2.45, 2.75) is 26.1 Å². The van der Waals surface area contributed by atoms with Gasteiger partial charge in [0.2, 0.25) is 0 Å². The third kappa shape index (κ3) is 1.99. The number of imidazole rings is 1. The number of benzene rings is 1. The molecule has 1 aromatic heterocycles. The van der Waals surface area contributed by atoms with E-state index in [4.69, 9.17) is 5.73 Å². The molecule has 2 N–H and O–H groups in total. The van der Waals surface area contributed by atoms with Crippen LogP contribution in [0.1, 0.15) is 24.4 Å². The summed E-state index contributed by atoms with van der Waals surface area (Å²) in [6, 6.07) is 8.56. The third-order valence-corrected chi connectivity index (χ3v) is 3.74. The first-order valence-corrected chi connectivity index (χ1v) is 6.33. The van der Waals surface area contributed by atoms with Crippen LogP contribution in [0.15, 0.2) is 36.7 Å². The lowest BCUT2D eigenvalue weighted by Gasteiger charge is -2.33. The van der Waals surface area contributed by atoms with Crippen molar-refractivity contribution in [1.82, 2.24) is 14.5 Å². The van der Waals surface area contributed by atoms with Crippen LogP contribution >= 0.6 is 0 Å². The van der Waals surface area contributed by atoms with Crippen molar-refractivity contribution in [2.24, 2.45) is 0 Å². The second kappa shape index (κ2) is 4.46. The van der Waals surface area contributed by atoms with E-state index in [1.54, 1.807) is 0 Å². The number of hydrogen-bond acceptors (Lipinski definition) is 3. The highest BCUT2D eigenvalue weighted by molar-refractivity contribution is 5.40. The van der Waals surface area contributed by atoms with Crippen LogP contribution in [0.2, 0.25) is 0 Å². The maximum Gasteiger partial charge on any atom is 0.122 e. The summed E-state index contributed by atoms with van der Waals surface area (Å²) in [4.78, 5) is 6.85. The normalized spacial score (nSPS) is 17.4. The van der Waals surface area contributed by atoms with Crippen molar-refractivity contribution in [3.8, 4) is 0 Å². The molecule has 0 saturated carbocycles. The van der Waals surface area contributed by atoms with Crippen LogP contribution in [-0.2, 0) is 13.1 Å². The number of hydrogen-bond donors (Lipinski definition) is 1. The lowest BCUT2D eigenvalue weighted by Crippen LogP contribution is -2.35. The molecule has 1 aromatic carbocycles. The van der Waals surface area contributed by atoms with Crippen LogP contribution in [0.25, 0.3) is 0 Å². The molecule has 2 heterocycles. The highest BCUT2D eigenvalue weighted by atomic mass is 15.2. The Hall–Kier alpha value is -1.81. The van der Waals surface area contributed by atoms with Gasteiger partial charge in [-0.25, -0.2) is 4.98 Å². The Labute approximate surface area is 107 Å². The van der Waals surface area contributed by atoms with Gasteiger partial charge in [-0.1, -0.05) is 12.1 Å². The number of fused-ring (bicyclic) bond motifs is 1. The monoisotopic (exact) mass is 242 g/mol. The number of anilines is 1. The van der Waals surface area contributed by atoms with Gasteiger partial charge >= 0.3 is 0 Å². The summed E-state index contributed by atoms with van der Waals surface area (Å²) < 4.78 is 2.23. The lowest BCUT2D eigenvalue weighted by molar-refractivity contribution is 0.163. The minimum atomic E-state index is 0.399. The van der Waals surface area contributed by atoms with Crippen LogP contribution in [0, 0.1) is 0 Å². The van der Waals surface area contributed by atoms with Gasteiger partial charge in [0.25, 0.3) is 0 Å². The largest absolute Gasteiger partial charge is 0.399 e. The van der Waals surface area contributed by atoms with E-state index >= 15 is 0 Å². The van der Waals surface area contributed by atoms with Crippen LogP contribution in [0.3, 0.4) is 0 Å². The Bertz CT molecular complexity index is 529. The molecule has 0 amide bonds. The molecular weight excluding hydrogens is 224 g/mol. The third-order valence-electron chi connectivity index (χ3n) is 3.74. The second-order valence-electron chi connectivity index (χ2n) is 4.85. The van der Waals surface area contributed by atoms with Crippen LogP contribution in [-0.4, -0.2) is 21.0 Å². The summed E-state index contributed by atoms with van der Waals surface area (Å²) in [7, 11) is 0. The molecule has 18 heavy (non-hydrogen) atoms. The summed E-state index contributed by atoms with van der Waals surface area (Å²) in [5.41, 5.74) is 7.86.